The van der Waals surface area contributed by atoms with Gasteiger partial charge < -0.3 is 4.74 Å². The van der Waals surface area contributed by atoms with Crippen molar-refractivity contribution in [1.82, 2.24) is 0 Å². The molecule has 1 heteroatoms. The van der Waals surface area contributed by atoms with Crippen LogP contribution in [0.5, 0.6) is 0 Å². The number of rotatable bonds is 7. The Balaban J connectivity index is 1.33. The lowest BCUT2D eigenvalue weighted by Crippen LogP contribution is -2.31. The second kappa shape index (κ2) is 10.9. The Labute approximate surface area is 163 Å². The topological polar surface area (TPSA) is 9.23 Å². The molecule has 26 heavy (non-hydrogen) atoms. The number of ether oxygens (including phenoxy) is 1. The highest BCUT2D eigenvalue weighted by atomic mass is 16.5. The van der Waals surface area contributed by atoms with Gasteiger partial charge in [-0.3, -0.25) is 0 Å². The lowest BCUT2D eigenvalue weighted by atomic mass is 9.65. The van der Waals surface area contributed by atoms with Crippen molar-refractivity contribution < 1.29 is 4.74 Å². The molecule has 0 aromatic heterocycles. The third-order valence-corrected chi connectivity index (χ3v) is 8.14. The van der Waals surface area contributed by atoms with Crippen molar-refractivity contribution >= 4 is 0 Å². The van der Waals surface area contributed by atoms with E-state index < -0.39 is 0 Å². The molecule has 0 unspecified atom stereocenters. The van der Waals surface area contributed by atoms with E-state index >= 15 is 0 Å². The van der Waals surface area contributed by atoms with Crippen molar-refractivity contribution in [3.63, 3.8) is 0 Å². The summed E-state index contributed by atoms with van der Waals surface area (Å²) in [6.45, 7) is 5.19. The van der Waals surface area contributed by atoms with Crippen LogP contribution >= 0.6 is 0 Å². The van der Waals surface area contributed by atoms with E-state index in [9.17, 15) is 0 Å². The van der Waals surface area contributed by atoms with Gasteiger partial charge in [-0.25, -0.2) is 0 Å². The lowest BCUT2D eigenvalue weighted by Gasteiger charge is -2.41. The fourth-order valence-corrected chi connectivity index (χ4v) is 6.50. The molecule has 0 amide bonds. The van der Waals surface area contributed by atoms with Crippen LogP contribution in [0.3, 0.4) is 0 Å². The van der Waals surface area contributed by atoms with Crippen LogP contribution in [-0.2, 0) is 4.74 Å². The second-order valence-electron chi connectivity index (χ2n) is 9.59. The molecule has 150 valence electrons. The normalized spacial score (nSPS) is 39.3. The highest BCUT2D eigenvalue weighted by Crippen LogP contribution is 2.45. The molecule has 3 fully saturated rings. The van der Waals surface area contributed by atoms with E-state index in [-0.39, 0.29) is 0 Å². The molecular formula is C25H44O. The Hall–Kier alpha value is -0.300. The summed E-state index contributed by atoms with van der Waals surface area (Å²) in [4.78, 5) is 0. The maximum atomic E-state index is 5.85. The van der Waals surface area contributed by atoms with Gasteiger partial charge in [0.05, 0.1) is 6.10 Å². The molecule has 0 aromatic carbocycles. The average molecular weight is 361 g/mol. The summed E-state index contributed by atoms with van der Waals surface area (Å²) in [5, 5.41) is 0. The van der Waals surface area contributed by atoms with Gasteiger partial charge in [-0.05, 0) is 120 Å². The van der Waals surface area contributed by atoms with Crippen molar-refractivity contribution in [1.29, 1.82) is 0 Å². The Morgan fingerprint density at radius 3 is 1.62 bits per heavy atom. The molecule has 0 aliphatic heterocycles. The van der Waals surface area contributed by atoms with Crippen LogP contribution in [0.15, 0.2) is 12.2 Å². The zero-order valence-electron chi connectivity index (χ0n) is 17.6. The molecular weight excluding hydrogens is 316 g/mol. The standard InChI is InChI=1S/C25H44O/c1-3-5-6-7-20-8-10-21(11-9-20)22-12-14-23(15-13-22)24-16-18-25(19-17-24)26-4-2/h3,5,20-25H,4,6-19H2,1-2H3/b5-3+. The third kappa shape index (κ3) is 5.85. The van der Waals surface area contributed by atoms with Gasteiger partial charge in [0.25, 0.3) is 0 Å². The predicted molar refractivity (Wildman–Crippen MR) is 112 cm³/mol. The molecule has 3 aliphatic rings. The third-order valence-electron chi connectivity index (χ3n) is 8.14. The van der Waals surface area contributed by atoms with Crippen LogP contribution in [-0.4, -0.2) is 12.7 Å². The predicted octanol–water partition coefficient (Wildman–Crippen LogP) is 7.55. The number of hydrogen-bond acceptors (Lipinski definition) is 1. The number of allylic oxidation sites excluding steroid dienone is 2. The first-order valence-corrected chi connectivity index (χ1v) is 12.0. The highest BCUT2D eigenvalue weighted by Gasteiger charge is 2.34. The quantitative estimate of drug-likeness (QED) is 0.426. The van der Waals surface area contributed by atoms with Crippen molar-refractivity contribution in [3.05, 3.63) is 12.2 Å². The smallest absolute Gasteiger partial charge is 0.0575 e. The van der Waals surface area contributed by atoms with Crippen LogP contribution in [0.25, 0.3) is 0 Å². The molecule has 0 saturated heterocycles. The minimum atomic E-state index is 0.579. The summed E-state index contributed by atoms with van der Waals surface area (Å²) < 4.78 is 5.85. The van der Waals surface area contributed by atoms with Gasteiger partial charge in [0.1, 0.15) is 0 Å². The van der Waals surface area contributed by atoms with Gasteiger partial charge in [-0.2, -0.15) is 0 Å². The van der Waals surface area contributed by atoms with Crippen molar-refractivity contribution in [2.24, 2.45) is 29.6 Å². The van der Waals surface area contributed by atoms with Crippen LogP contribution in [0.1, 0.15) is 104 Å². The Kier molecular flexibility index (Phi) is 8.56. The molecule has 3 aliphatic carbocycles. The van der Waals surface area contributed by atoms with E-state index in [0.717, 1.165) is 36.2 Å². The average Bonchev–Trinajstić information content (AvgIpc) is 2.70. The van der Waals surface area contributed by atoms with Crippen molar-refractivity contribution in [2.75, 3.05) is 6.61 Å². The SMILES string of the molecule is C/C=C/CCC1CCC(C2CCC(C3CCC(OCC)CC3)CC2)CC1. The molecule has 1 nitrogen and oxygen atoms in total. The van der Waals surface area contributed by atoms with Gasteiger partial charge in [-0.1, -0.05) is 25.0 Å². The van der Waals surface area contributed by atoms with Crippen LogP contribution in [0, 0.1) is 29.6 Å². The maximum Gasteiger partial charge on any atom is 0.0575 e. The largest absolute Gasteiger partial charge is 0.379 e. The molecule has 0 atom stereocenters. The summed E-state index contributed by atoms with van der Waals surface area (Å²) in [6, 6.07) is 0. The highest BCUT2D eigenvalue weighted by molar-refractivity contribution is 4.86. The van der Waals surface area contributed by atoms with Gasteiger partial charge in [0.2, 0.25) is 0 Å². The van der Waals surface area contributed by atoms with Crippen LogP contribution in [0.2, 0.25) is 0 Å². The molecule has 0 aromatic rings. The summed E-state index contributed by atoms with van der Waals surface area (Å²) >= 11 is 0. The van der Waals surface area contributed by atoms with Crippen LogP contribution < -0.4 is 0 Å². The molecule has 0 N–H and O–H groups in total. The van der Waals surface area contributed by atoms with Crippen LogP contribution in [0.4, 0.5) is 0 Å². The van der Waals surface area contributed by atoms with E-state index in [0.29, 0.717) is 6.10 Å². The maximum absolute atomic E-state index is 5.85. The molecule has 0 heterocycles. The monoisotopic (exact) mass is 360 g/mol. The van der Waals surface area contributed by atoms with Gasteiger partial charge in [-0.15, -0.1) is 0 Å². The molecule has 0 bridgehead atoms. The second-order valence-corrected chi connectivity index (χ2v) is 9.59. The zero-order chi connectivity index (χ0) is 18.2. The molecule has 3 saturated carbocycles. The van der Waals surface area contributed by atoms with Crippen molar-refractivity contribution in [2.45, 2.75) is 110 Å². The minimum Gasteiger partial charge on any atom is -0.379 e. The first-order valence-electron chi connectivity index (χ1n) is 12.0. The summed E-state index contributed by atoms with van der Waals surface area (Å²) in [7, 11) is 0. The van der Waals surface area contributed by atoms with Gasteiger partial charge >= 0.3 is 0 Å². The summed E-state index contributed by atoms with van der Waals surface area (Å²) in [5.74, 6) is 5.24. The first kappa shape index (κ1) is 20.4. The molecule has 0 radical (unpaired) electrons. The van der Waals surface area contributed by atoms with Gasteiger partial charge in [0, 0.05) is 6.61 Å². The number of hydrogen-bond donors (Lipinski definition) is 0. The van der Waals surface area contributed by atoms with Gasteiger partial charge in [0.15, 0.2) is 0 Å². The van der Waals surface area contributed by atoms with E-state index in [1.165, 1.54) is 77.0 Å². The summed E-state index contributed by atoms with van der Waals surface area (Å²) in [6.07, 6.45) is 25.7. The zero-order valence-corrected chi connectivity index (χ0v) is 17.6. The van der Waals surface area contributed by atoms with E-state index in [1.807, 2.05) is 0 Å². The fraction of sp³-hybridized carbons (Fsp3) is 0.920. The Morgan fingerprint density at radius 2 is 1.15 bits per heavy atom. The summed E-state index contributed by atoms with van der Waals surface area (Å²) in [5.41, 5.74) is 0. The van der Waals surface area contributed by atoms with E-state index in [1.54, 1.807) is 12.8 Å². The first-order chi connectivity index (χ1) is 12.8. The van der Waals surface area contributed by atoms with Crippen molar-refractivity contribution in [3.8, 4) is 0 Å². The van der Waals surface area contributed by atoms with E-state index in [4.69, 9.17) is 4.74 Å². The Bertz CT molecular complexity index is 390. The minimum absolute atomic E-state index is 0.579. The molecule has 0 spiro atoms. The van der Waals surface area contributed by atoms with E-state index in [2.05, 4.69) is 26.0 Å². The lowest BCUT2D eigenvalue weighted by molar-refractivity contribution is 0.0116. The Morgan fingerprint density at radius 1 is 0.692 bits per heavy atom. The molecule has 3 rings (SSSR count). The fourth-order valence-electron chi connectivity index (χ4n) is 6.50.